The fourth-order valence-electron chi connectivity index (χ4n) is 8.39. The molecule has 1 aliphatic carbocycles. The van der Waals surface area contributed by atoms with Crippen molar-refractivity contribution in [3.63, 3.8) is 0 Å². The van der Waals surface area contributed by atoms with Crippen LogP contribution in [0.25, 0.3) is 0 Å². The van der Waals surface area contributed by atoms with Gasteiger partial charge < -0.3 is 20.3 Å². The van der Waals surface area contributed by atoms with Crippen molar-refractivity contribution in [2.24, 2.45) is 5.41 Å². The SMILES string of the molecule is CC1(C)CCC2(CC1)N[C@@H](C(=O)N[C@@H]1CC[C@@H](C(=O)N3CCC3)OC1)[C@H](c1ccnc(Cl)c1)[C@]21C(=O)Nc2cc(Cl)ccc21. The molecule has 234 valence electrons. The van der Waals surface area contributed by atoms with Gasteiger partial charge in [0.1, 0.15) is 16.7 Å². The first-order chi connectivity index (χ1) is 21.0. The monoisotopic (exact) mass is 639 g/mol. The highest BCUT2D eigenvalue weighted by molar-refractivity contribution is 6.31. The number of hydrogen-bond donors (Lipinski definition) is 3. The summed E-state index contributed by atoms with van der Waals surface area (Å²) in [5.41, 5.74) is 0.641. The van der Waals surface area contributed by atoms with Gasteiger partial charge in [-0.15, -0.1) is 0 Å². The lowest BCUT2D eigenvalue weighted by atomic mass is 9.53. The Morgan fingerprint density at radius 1 is 1.07 bits per heavy atom. The number of carbonyl (C=O) groups excluding carboxylic acids is 3. The predicted octanol–water partition coefficient (Wildman–Crippen LogP) is 4.57. The van der Waals surface area contributed by atoms with Crippen LogP contribution in [0.4, 0.5) is 5.69 Å². The molecule has 9 nitrogen and oxygen atoms in total. The maximum Gasteiger partial charge on any atom is 0.251 e. The second-order valence-electron chi connectivity index (χ2n) is 14.0. The molecule has 2 spiro atoms. The van der Waals surface area contributed by atoms with Crippen molar-refractivity contribution >= 4 is 46.6 Å². The van der Waals surface area contributed by atoms with Crippen molar-refractivity contribution < 1.29 is 19.1 Å². The van der Waals surface area contributed by atoms with Crippen LogP contribution in [0.2, 0.25) is 10.2 Å². The molecule has 1 aromatic carbocycles. The molecule has 0 bridgehead atoms. The third-order valence-corrected chi connectivity index (χ3v) is 11.4. The van der Waals surface area contributed by atoms with Crippen molar-refractivity contribution in [3.8, 4) is 0 Å². The quantitative estimate of drug-likeness (QED) is 0.423. The number of benzene rings is 1. The summed E-state index contributed by atoms with van der Waals surface area (Å²) >= 11 is 12.9. The van der Waals surface area contributed by atoms with Gasteiger partial charge in [-0.25, -0.2) is 4.98 Å². The summed E-state index contributed by atoms with van der Waals surface area (Å²) in [6, 6.07) is 8.23. The van der Waals surface area contributed by atoms with E-state index in [1.807, 2.05) is 23.1 Å². The van der Waals surface area contributed by atoms with E-state index in [4.69, 9.17) is 27.9 Å². The number of likely N-dealkylation sites (tertiary alicyclic amines) is 1. The third-order valence-electron chi connectivity index (χ3n) is 10.9. The molecule has 0 radical (unpaired) electrons. The van der Waals surface area contributed by atoms with E-state index in [0.717, 1.165) is 56.3 Å². The van der Waals surface area contributed by atoms with E-state index < -0.39 is 29.0 Å². The molecule has 5 atom stereocenters. The molecule has 1 aromatic heterocycles. The number of pyridine rings is 1. The number of halogens is 2. The Hall–Kier alpha value is -2.72. The highest BCUT2D eigenvalue weighted by atomic mass is 35.5. The molecule has 3 saturated heterocycles. The summed E-state index contributed by atoms with van der Waals surface area (Å²) in [6.07, 6.45) is 6.66. The molecule has 5 aliphatic rings. The molecular weight excluding hydrogens is 601 g/mol. The van der Waals surface area contributed by atoms with E-state index in [0.29, 0.717) is 28.7 Å². The van der Waals surface area contributed by atoms with Gasteiger partial charge in [0.25, 0.3) is 5.91 Å². The van der Waals surface area contributed by atoms with E-state index in [1.54, 1.807) is 18.3 Å². The largest absolute Gasteiger partial charge is 0.366 e. The van der Waals surface area contributed by atoms with Gasteiger partial charge in [0, 0.05) is 41.5 Å². The molecule has 0 unspecified atom stereocenters. The number of fused-ring (bicyclic) bond motifs is 3. The summed E-state index contributed by atoms with van der Waals surface area (Å²) in [7, 11) is 0. The van der Waals surface area contributed by atoms with E-state index in [-0.39, 0.29) is 35.8 Å². The Morgan fingerprint density at radius 2 is 1.84 bits per heavy atom. The number of ether oxygens (including phenoxy) is 1. The summed E-state index contributed by atoms with van der Waals surface area (Å²) in [6.45, 7) is 6.36. The van der Waals surface area contributed by atoms with Crippen LogP contribution in [0.3, 0.4) is 0 Å². The smallest absolute Gasteiger partial charge is 0.251 e. The van der Waals surface area contributed by atoms with Gasteiger partial charge >= 0.3 is 0 Å². The predicted molar refractivity (Wildman–Crippen MR) is 168 cm³/mol. The summed E-state index contributed by atoms with van der Waals surface area (Å²) in [5.74, 6) is -0.857. The zero-order valence-corrected chi connectivity index (χ0v) is 26.6. The Morgan fingerprint density at radius 3 is 2.50 bits per heavy atom. The first-order valence-electron chi connectivity index (χ1n) is 15.7. The lowest BCUT2D eigenvalue weighted by Gasteiger charge is -2.50. The topological polar surface area (TPSA) is 113 Å². The summed E-state index contributed by atoms with van der Waals surface area (Å²) < 4.78 is 5.97. The fraction of sp³-hybridized carbons (Fsp3) is 0.576. The van der Waals surface area contributed by atoms with Crippen molar-refractivity contribution in [1.29, 1.82) is 0 Å². The van der Waals surface area contributed by atoms with Gasteiger partial charge in [-0.2, -0.15) is 0 Å². The molecule has 2 aromatic rings. The van der Waals surface area contributed by atoms with E-state index in [1.165, 1.54) is 0 Å². The minimum atomic E-state index is -1.09. The second-order valence-corrected chi connectivity index (χ2v) is 14.8. The molecule has 11 heteroatoms. The van der Waals surface area contributed by atoms with Crippen LogP contribution < -0.4 is 16.0 Å². The number of aromatic nitrogens is 1. The normalized spacial score (nSPS) is 31.8. The first-order valence-corrected chi connectivity index (χ1v) is 16.5. The highest BCUT2D eigenvalue weighted by Gasteiger charge is 2.72. The van der Waals surface area contributed by atoms with Crippen LogP contribution in [-0.2, 0) is 24.5 Å². The summed E-state index contributed by atoms with van der Waals surface area (Å²) in [5, 5.41) is 11.0. The van der Waals surface area contributed by atoms with Gasteiger partial charge in [0.05, 0.1) is 18.7 Å². The standard InChI is InChI=1S/C33H39Cl2N5O4/c1-31(2)9-11-32(12-10-31)33(22-6-4-20(34)17-23(22)38-30(33)43)26(19-8-13-36-25(35)16-19)27(39-32)28(41)37-21-5-7-24(44-18-21)29(42)40-14-3-15-40/h4,6,8,13,16-17,21,24,26-27,39H,3,5,7,9-12,14-15,18H2,1-2H3,(H,37,41)(H,38,43)/t21-,24+,26+,27-,33-/m1/s1. The number of hydrogen-bond acceptors (Lipinski definition) is 6. The molecule has 3 N–H and O–H groups in total. The van der Waals surface area contributed by atoms with Gasteiger partial charge in [0.15, 0.2) is 0 Å². The number of carbonyl (C=O) groups is 3. The van der Waals surface area contributed by atoms with E-state index >= 15 is 0 Å². The minimum absolute atomic E-state index is 0.0447. The minimum Gasteiger partial charge on any atom is -0.366 e. The number of rotatable bonds is 4. The van der Waals surface area contributed by atoms with Crippen LogP contribution in [0.1, 0.15) is 75.8 Å². The van der Waals surface area contributed by atoms with Crippen molar-refractivity contribution in [3.05, 3.63) is 57.8 Å². The number of nitrogens with one attached hydrogen (secondary N) is 3. The molecule has 1 saturated carbocycles. The molecule has 7 rings (SSSR count). The second kappa shape index (κ2) is 11.0. The molecule has 44 heavy (non-hydrogen) atoms. The Balaban J connectivity index is 1.26. The van der Waals surface area contributed by atoms with Crippen LogP contribution in [0.5, 0.6) is 0 Å². The molecule has 5 heterocycles. The number of amides is 3. The average molecular weight is 641 g/mol. The van der Waals surface area contributed by atoms with Crippen molar-refractivity contribution in [2.75, 3.05) is 25.0 Å². The van der Waals surface area contributed by atoms with Gasteiger partial charge in [-0.1, -0.05) is 43.1 Å². The lowest BCUT2D eigenvalue weighted by molar-refractivity contribution is -0.151. The lowest BCUT2D eigenvalue weighted by Crippen LogP contribution is -2.61. The van der Waals surface area contributed by atoms with Crippen LogP contribution in [0, 0.1) is 5.41 Å². The molecule has 4 aliphatic heterocycles. The van der Waals surface area contributed by atoms with Crippen molar-refractivity contribution in [2.45, 2.75) is 93.9 Å². The Kier molecular flexibility index (Phi) is 7.47. The first kappa shape index (κ1) is 30.0. The highest BCUT2D eigenvalue weighted by Crippen LogP contribution is 2.63. The Bertz CT molecular complexity index is 1490. The average Bonchev–Trinajstić information content (AvgIpc) is 3.42. The number of anilines is 1. The maximum absolute atomic E-state index is 14.6. The molecular formula is C33H39Cl2N5O4. The van der Waals surface area contributed by atoms with Gasteiger partial charge in [0.2, 0.25) is 11.8 Å². The number of nitrogens with zero attached hydrogens (tertiary/aromatic N) is 2. The fourth-order valence-corrected chi connectivity index (χ4v) is 8.74. The van der Waals surface area contributed by atoms with Crippen LogP contribution in [-0.4, -0.2) is 71.0 Å². The summed E-state index contributed by atoms with van der Waals surface area (Å²) in [4.78, 5) is 47.7. The zero-order valence-electron chi connectivity index (χ0n) is 25.1. The van der Waals surface area contributed by atoms with E-state index in [9.17, 15) is 14.4 Å². The molecule has 3 amide bonds. The third kappa shape index (κ3) is 4.73. The zero-order chi connectivity index (χ0) is 30.9. The van der Waals surface area contributed by atoms with E-state index in [2.05, 4.69) is 34.8 Å². The maximum atomic E-state index is 14.6. The van der Waals surface area contributed by atoms with Crippen LogP contribution >= 0.6 is 23.2 Å². The van der Waals surface area contributed by atoms with Gasteiger partial charge in [-0.05, 0) is 85.8 Å². The van der Waals surface area contributed by atoms with Crippen molar-refractivity contribution in [1.82, 2.24) is 20.5 Å². The van der Waals surface area contributed by atoms with Crippen LogP contribution in [0.15, 0.2) is 36.5 Å². The van der Waals surface area contributed by atoms with Gasteiger partial charge in [-0.3, -0.25) is 19.7 Å². The Labute approximate surface area is 267 Å². The molecule has 4 fully saturated rings.